The summed E-state index contributed by atoms with van der Waals surface area (Å²) >= 11 is 0. The van der Waals surface area contributed by atoms with Crippen molar-refractivity contribution in [2.75, 3.05) is 18.0 Å². The molecule has 14 heteroatoms. The van der Waals surface area contributed by atoms with Crippen LogP contribution < -0.4 is 20.5 Å². The number of piperidine rings is 1. The minimum absolute atomic E-state index is 0.0872. The van der Waals surface area contributed by atoms with Crippen LogP contribution in [0, 0.1) is 5.82 Å². The van der Waals surface area contributed by atoms with Crippen LogP contribution in [-0.4, -0.2) is 51.3 Å². The molecule has 4 rings (SSSR count). The second-order valence-electron chi connectivity index (χ2n) is 10.2. The Bertz CT molecular complexity index is 1510. The maximum Gasteiger partial charge on any atom is 0.431 e. The monoisotopic (exact) mass is 565 g/mol. The zero-order chi connectivity index (χ0) is 29.4. The Kier molecular flexibility index (Phi) is 7.72. The highest BCUT2D eigenvalue weighted by molar-refractivity contribution is 5.89. The quantitative estimate of drug-likeness (QED) is 0.282. The third-order valence-electron chi connectivity index (χ3n) is 6.02. The van der Waals surface area contributed by atoms with Gasteiger partial charge in [-0.2, -0.15) is 13.2 Å². The first-order valence-electron chi connectivity index (χ1n) is 12.4. The van der Waals surface area contributed by atoms with Gasteiger partial charge in [0, 0.05) is 26.1 Å². The van der Waals surface area contributed by atoms with Gasteiger partial charge in [-0.1, -0.05) is 6.07 Å². The van der Waals surface area contributed by atoms with Crippen molar-refractivity contribution in [1.29, 1.82) is 0 Å². The lowest BCUT2D eigenvalue weighted by atomic mass is 10.0. The molecule has 3 heterocycles. The third-order valence-corrected chi connectivity index (χ3v) is 6.02. The van der Waals surface area contributed by atoms with E-state index in [9.17, 15) is 31.9 Å². The van der Waals surface area contributed by atoms with Crippen LogP contribution >= 0.6 is 0 Å². The van der Waals surface area contributed by atoms with Gasteiger partial charge in [-0.15, -0.1) is 0 Å². The fraction of sp³-hybridized carbons (Fsp3) is 0.423. The van der Waals surface area contributed by atoms with Crippen LogP contribution in [-0.2, 0) is 15.7 Å². The van der Waals surface area contributed by atoms with Gasteiger partial charge in [0.25, 0.3) is 5.56 Å². The molecule has 0 radical (unpaired) electrons. The molecule has 3 aromatic rings. The number of nitrogens with zero attached hydrogens (tertiary/aromatic N) is 4. The first-order valence-corrected chi connectivity index (χ1v) is 12.4. The van der Waals surface area contributed by atoms with Crippen LogP contribution in [0.25, 0.3) is 16.6 Å². The van der Waals surface area contributed by atoms with E-state index >= 15 is 0 Å². The second kappa shape index (κ2) is 10.7. The van der Waals surface area contributed by atoms with Gasteiger partial charge in [0.15, 0.2) is 11.6 Å². The van der Waals surface area contributed by atoms with E-state index in [0.29, 0.717) is 32.0 Å². The third kappa shape index (κ3) is 6.15. The standard InChI is InChI=1S/C26H27F4N5O5/c1-14(36)39-18-7-5-6-17(27)21(18)35-19(26(28,29)30)12-16-20(23(35)37)31-13-32-22(16)34-10-8-15(9-11-34)33-24(38)40-25(2,3)4/h5-7,12-13,15H,8-11H2,1-4H3,(H,33,38). The van der Waals surface area contributed by atoms with Gasteiger partial charge in [0.2, 0.25) is 0 Å². The number of anilines is 1. The molecular weight excluding hydrogens is 538 g/mol. The van der Waals surface area contributed by atoms with Gasteiger partial charge in [0.05, 0.1) is 5.39 Å². The largest absolute Gasteiger partial charge is 0.444 e. The molecule has 0 unspecified atom stereocenters. The summed E-state index contributed by atoms with van der Waals surface area (Å²) in [5, 5.41) is 2.60. The maximum atomic E-state index is 14.9. The van der Waals surface area contributed by atoms with E-state index in [-0.39, 0.29) is 27.3 Å². The van der Waals surface area contributed by atoms with Gasteiger partial charge in [-0.3, -0.25) is 14.2 Å². The van der Waals surface area contributed by atoms with Crippen molar-refractivity contribution in [3.05, 3.63) is 52.5 Å². The lowest BCUT2D eigenvalue weighted by Gasteiger charge is -2.34. The summed E-state index contributed by atoms with van der Waals surface area (Å²) in [5.41, 5.74) is -4.69. The fourth-order valence-corrected chi connectivity index (χ4v) is 4.45. The summed E-state index contributed by atoms with van der Waals surface area (Å²) in [4.78, 5) is 46.9. The normalized spacial score (nSPS) is 14.8. The SMILES string of the molecule is CC(=O)Oc1cccc(F)c1-n1c(C(F)(F)F)cc2c(N3CCC(NC(=O)OC(C)(C)C)CC3)ncnc2c1=O. The number of nitrogens with one attached hydrogen (secondary N) is 1. The molecule has 1 aromatic carbocycles. The van der Waals surface area contributed by atoms with Crippen LogP contribution in [0.15, 0.2) is 35.4 Å². The molecule has 1 amide bonds. The highest BCUT2D eigenvalue weighted by Crippen LogP contribution is 2.36. The number of alkyl carbamates (subject to hydrolysis) is 1. The van der Waals surface area contributed by atoms with Gasteiger partial charge in [-0.25, -0.2) is 19.2 Å². The van der Waals surface area contributed by atoms with E-state index in [0.717, 1.165) is 31.5 Å². The van der Waals surface area contributed by atoms with Crippen molar-refractivity contribution in [3.63, 3.8) is 0 Å². The van der Waals surface area contributed by atoms with Crippen molar-refractivity contribution in [3.8, 4) is 11.4 Å². The molecule has 1 fully saturated rings. The van der Waals surface area contributed by atoms with Crippen LogP contribution in [0.2, 0.25) is 0 Å². The molecule has 0 atom stereocenters. The Morgan fingerprint density at radius 2 is 1.77 bits per heavy atom. The number of esters is 1. The number of amides is 1. The number of carbonyl (C=O) groups excluding carboxylic acids is 2. The molecule has 214 valence electrons. The molecule has 40 heavy (non-hydrogen) atoms. The number of ether oxygens (including phenoxy) is 2. The van der Waals surface area contributed by atoms with Gasteiger partial charge in [0.1, 0.15) is 34.6 Å². The average molecular weight is 566 g/mol. The summed E-state index contributed by atoms with van der Waals surface area (Å²) in [6.07, 6.45) is -3.77. The fourth-order valence-electron chi connectivity index (χ4n) is 4.45. The van der Waals surface area contributed by atoms with Crippen LogP contribution in [0.4, 0.5) is 28.2 Å². The summed E-state index contributed by atoms with van der Waals surface area (Å²) in [6, 6.07) is 3.51. The average Bonchev–Trinajstić information content (AvgIpc) is 2.83. The summed E-state index contributed by atoms with van der Waals surface area (Å²) < 4.78 is 68.2. The van der Waals surface area contributed by atoms with Crippen LogP contribution in [0.3, 0.4) is 0 Å². The van der Waals surface area contributed by atoms with Gasteiger partial charge >= 0.3 is 18.2 Å². The first kappa shape index (κ1) is 28.8. The van der Waals surface area contributed by atoms with Crippen molar-refractivity contribution >= 4 is 28.8 Å². The van der Waals surface area contributed by atoms with E-state index in [1.807, 2.05) is 0 Å². The number of hydrogen-bond donors (Lipinski definition) is 1. The van der Waals surface area contributed by atoms with E-state index < -0.39 is 52.3 Å². The maximum absolute atomic E-state index is 14.9. The zero-order valence-corrected chi connectivity index (χ0v) is 22.1. The zero-order valence-electron chi connectivity index (χ0n) is 22.1. The number of rotatable bonds is 4. The topological polar surface area (TPSA) is 116 Å². The van der Waals surface area contributed by atoms with Gasteiger partial charge in [-0.05, 0) is 51.8 Å². The van der Waals surface area contributed by atoms with Gasteiger partial charge < -0.3 is 19.7 Å². The molecule has 0 spiro atoms. The number of hydrogen-bond acceptors (Lipinski definition) is 8. The Balaban J connectivity index is 1.76. The van der Waals surface area contributed by atoms with E-state index in [1.54, 1.807) is 25.7 Å². The summed E-state index contributed by atoms with van der Waals surface area (Å²) in [7, 11) is 0. The molecule has 2 aromatic heterocycles. The molecule has 0 saturated carbocycles. The number of carbonyl (C=O) groups is 2. The van der Waals surface area contributed by atoms with Crippen LogP contribution in [0.5, 0.6) is 5.75 Å². The molecule has 0 bridgehead atoms. The molecule has 1 aliphatic heterocycles. The Morgan fingerprint density at radius 3 is 2.38 bits per heavy atom. The highest BCUT2D eigenvalue weighted by atomic mass is 19.4. The molecule has 1 N–H and O–H groups in total. The number of para-hydroxylation sites is 1. The number of pyridine rings is 1. The predicted molar refractivity (Wildman–Crippen MR) is 136 cm³/mol. The number of aromatic nitrogens is 3. The molecule has 1 saturated heterocycles. The van der Waals surface area contributed by atoms with E-state index in [2.05, 4.69) is 15.3 Å². The number of alkyl halides is 3. The number of halogens is 4. The van der Waals surface area contributed by atoms with Crippen LogP contribution in [0.1, 0.15) is 46.2 Å². The second-order valence-corrected chi connectivity index (χ2v) is 10.2. The Labute approximate surface area is 225 Å². The van der Waals surface area contributed by atoms with E-state index in [1.165, 1.54) is 0 Å². The lowest BCUT2D eigenvalue weighted by Crippen LogP contribution is -2.46. The molecule has 10 nitrogen and oxygen atoms in total. The molecule has 0 aliphatic carbocycles. The van der Waals surface area contributed by atoms with Crippen molar-refractivity contribution in [2.45, 2.75) is 58.4 Å². The molecular formula is C26H27F4N5O5. The predicted octanol–water partition coefficient (Wildman–Crippen LogP) is 4.36. The number of benzene rings is 1. The van der Waals surface area contributed by atoms with Crippen molar-refractivity contribution in [2.24, 2.45) is 0 Å². The minimum atomic E-state index is -5.11. The van der Waals surface area contributed by atoms with Crippen molar-refractivity contribution in [1.82, 2.24) is 19.9 Å². The first-order chi connectivity index (χ1) is 18.7. The molecule has 1 aliphatic rings. The smallest absolute Gasteiger partial charge is 0.431 e. The summed E-state index contributed by atoms with van der Waals surface area (Å²) in [6.45, 7) is 6.82. The van der Waals surface area contributed by atoms with Crippen molar-refractivity contribution < 1.29 is 36.6 Å². The lowest BCUT2D eigenvalue weighted by molar-refractivity contribution is -0.142. The highest BCUT2D eigenvalue weighted by Gasteiger charge is 2.38. The Hall–Kier alpha value is -4.23. The Morgan fingerprint density at radius 1 is 1.10 bits per heavy atom. The number of fused-ring (bicyclic) bond motifs is 1. The van der Waals surface area contributed by atoms with E-state index in [4.69, 9.17) is 9.47 Å². The summed E-state index contributed by atoms with van der Waals surface area (Å²) in [5.74, 6) is -2.60. The minimum Gasteiger partial charge on any atom is -0.444 e.